The molecule has 1 fully saturated rings. The zero-order valence-electron chi connectivity index (χ0n) is 8.12. The molecule has 15 heavy (non-hydrogen) atoms. The minimum absolute atomic E-state index is 0.265. The SMILES string of the molecule is OC(c1cccc(Cl)c1Cl)C1CCCS1. The minimum atomic E-state index is -0.497. The van der Waals surface area contributed by atoms with Gasteiger partial charge in [-0.1, -0.05) is 35.3 Å². The first-order valence-corrected chi connectivity index (χ1v) is 6.74. The first kappa shape index (κ1) is 11.6. The van der Waals surface area contributed by atoms with Gasteiger partial charge in [0.2, 0.25) is 0 Å². The third kappa shape index (κ3) is 2.44. The van der Waals surface area contributed by atoms with Crippen molar-refractivity contribution < 1.29 is 5.11 Å². The molecule has 0 amide bonds. The molecule has 0 bridgehead atoms. The largest absolute Gasteiger partial charge is 0.387 e. The van der Waals surface area contributed by atoms with E-state index in [4.69, 9.17) is 23.2 Å². The highest BCUT2D eigenvalue weighted by Gasteiger charge is 2.26. The monoisotopic (exact) mass is 262 g/mol. The van der Waals surface area contributed by atoms with Gasteiger partial charge >= 0.3 is 0 Å². The molecule has 0 aliphatic carbocycles. The lowest BCUT2D eigenvalue weighted by atomic mass is 10.0. The van der Waals surface area contributed by atoms with Gasteiger partial charge in [0.15, 0.2) is 0 Å². The Labute approximate surface area is 104 Å². The van der Waals surface area contributed by atoms with Gasteiger partial charge in [-0.15, -0.1) is 0 Å². The van der Waals surface area contributed by atoms with Gasteiger partial charge in [-0.25, -0.2) is 0 Å². The van der Waals surface area contributed by atoms with Crippen LogP contribution < -0.4 is 0 Å². The maximum Gasteiger partial charge on any atom is 0.0923 e. The number of thioether (sulfide) groups is 1. The van der Waals surface area contributed by atoms with E-state index in [0.717, 1.165) is 17.7 Å². The van der Waals surface area contributed by atoms with E-state index in [1.165, 1.54) is 6.42 Å². The minimum Gasteiger partial charge on any atom is -0.387 e. The quantitative estimate of drug-likeness (QED) is 0.872. The molecular formula is C11H12Cl2OS. The molecule has 0 saturated carbocycles. The Balaban J connectivity index is 2.24. The Morgan fingerprint density at radius 1 is 1.40 bits per heavy atom. The summed E-state index contributed by atoms with van der Waals surface area (Å²) in [5, 5.41) is 11.4. The second-order valence-corrected chi connectivity index (χ2v) is 5.77. The fourth-order valence-corrected chi connectivity index (χ4v) is 3.52. The van der Waals surface area contributed by atoms with Crippen LogP contribution in [0.5, 0.6) is 0 Å². The molecule has 1 aliphatic heterocycles. The number of halogens is 2. The smallest absolute Gasteiger partial charge is 0.0923 e. The van der Waals surface area contributed by atoms with Crippen molar-refractivity contribution in [3.8, 4) is 0 Å². The third-order valence-electron chi connectivity index (χ3n) is 2.62. The van der Waals surface area contributed by atoms with Crippen LogP contribution in [0.15, 0.2) is 18.2 Å². The molecular weight excluding hydrogens is 251 g/mol. The van der Waals surface area contributed by atoms with Crippen LogP contribution in [0, 0.1) is 0 Å². The van der Waals surface area contributed by atoms with E-state index in [0.29, 0.717) is 10.0 Å². The van der Waals surface area contributed by atoms with E-state index >= 15 is 0 Å². The molecule has 1 heterocycles. The first-order chi connectivity index (χ1) is 7.20. The highest BCUT2D eigenvalue weighted by atomic mass is 35.5. The predicted molar refractivity (Wildman–Crippen MR) is 66.9 cm³/mol. The van der Waals surface area contributed by atoms with Crippen molar-refractivity contribution in [3.63, 3.8) is 0 Å². The maximum absolute atomic E-state index is 10.2. The molecule has 2 atom stereocenters. The summed E-state index contributed by atoms with van der Waals surface area (Å²) in [6.07, 6.45) is 1.72. The second kappa shape index (κ2) is 4.96. The first-order valence-electron chi connectivity index (χ1n) is 4.93. The highest BCUT2D eigenvalue weighted by molar-refractivity contribution is 8.00. The summed E-state index contributed by atoms with van der Waals surface area (Å²) in [4.78, 5) is 0. The van der Waals surface area contributed by atoms with E-state index in [2.05, 4.69) is 0 Å². The zero-order chi connectivity index (χ0) is 10.8. The third-order valence-corrected chi connectivity index (χ3v) is 4.90. The van der Waals surface area contributed by atoms with Crippen molar-refractivity contribution >= 4 is 35.0 Å². The summed E-state index contributed by atoms with van der Waals surface area (Å²) < 4.78 is 0. The van der Waals surface area contributed by atoms with Crippen LogP contribution in [-0.2, 0) is 0 Å². The van der Waals surface area contributed by atoms with Crippen molar-refractivity contribution in [3.05, 3.63) is 33.8 Å². The molecule has 1 aliphatic rings. The van der Waals surface area contributed by atoms with Gasteiger partial charge in [-0.3, -0.25) is 0 Å². The van der Waals surface area contributed by atoms with Crippen molar-refractivity contribution in [2.24, 2.45) is 0 Å². The molecule has 0 radical (unpaired) electrons. The molecule has 0 spiro atoms. The van der Waals surface area contributed by atoms with E-state index in [9.17, 15) is 5.11 Å². The molecule has 1 N–H and O–H groups in total. The molecule has 0 aromatic heterocycles. The van der Waals surface area contributed by atoms with E-state index < -0.39 is 6.10 Å². The molecule has 4 heteroatoms. The van der Waals surface area contributed by atoms with Crippen LogP contribution >= 0.6 is 35.0 Å². The maximum atomic E-state index is 10.2. The molecule has 2 unspecified atom stereocenters. The fourth-order valence-electron chi connectivity index (χ4n) is 1.80. The average molecular weight is 263 g/mol. The van der Waals surface area contributed by atoms with Crippen molar-refractivity contribution in [2.75, 3.05) is 5.75 Å². The van der Waals surface area contributed by atoms with Crippen molar-refractivity contribution in [1.29, 1.82) is 0 Å². The lowest BCUT2D eigenvalue weighted by molar-refractivity contribution is 0.173. The highest BCUT2D eigenvalue weighted by Crippen LogP contribution is 2.39. The molecule has 2 rings (SSSR count). The Morgan fingerprint density at radius 2 is 2.20 bits per heavy atom. The van der Waals surface area contributed by atoms with Gasteiger partial charge < -0.3 is 5.11 Å². The lowest BCUT2D eigenvalue weighted by Crippen LogP contribution is -2.12. The zero-order valence-corrected chi connectivity index (χ0v) is 10.4. The van der Waals surface area contributed by atoms with Gasteiger partial charge in [0.25, 0.3) is 0 Å². The van der Waals surface area contributed by atoms with Crippen LogP contribution in [0.2, 0.25) is 10.0 Å². The second-order valence-electron chi connectivity index (χ2n) is 3.64. The Kier molecular flexibility index (Phi) is 3.83. The number of aliphatic hydroxyl groups is 1. The normalized spacial score (nSPS) is 23.0. The summed E-state index contributed by atoms with van der Waals surface area (Å²) in [6.45, 7) is 0. The topological polar surface area (TPSA) is 20.2 Å². The van der Waals surface area contributed by atoms with Gasteiger partial charge in [-0.2, -0.15) is 11.8 Å². The van der Waals surface area contributed by atoms with Gasteiger partial charge in [0, 0.05) is 10.8 Å². The Bertz CT molecular complexity index is 350. The number of hydrogen-bond acceptors (Lipinski definition) is 2. The van der Waals surface area contributed by atoms with Gasteiger partial charge in [-0.05, 0) is 24.7 Å². The van der Waals surface area contributed by atoms with Crippen LogP contribution in [0.3, 0.4) is 0 Å². The molecule has 1 saturated heterocycles. The lowest BCUT2D eigenvalue weighted by Gasteiger charge is -2.18. The van der Waals surface area contributed by atoms with Crippen LogP contribution in [0.4, 0.5) is 0 Å². The summed E-state index contributed by atoms with van der Waals surface area (Å²) in [5.41, 5.74) is 0.753. The van der Waals surface area contributed by atoms with E-state index in [1.54, 1.807) is 6.07 Å². The van der Waals surface area contributed by atoms with Gasteiger partial charge in [0.05, 0.1) is 16.1 Å². The Hall–Kier alpha value is 0.110. The van der Waals surface area contributed by atoms with Crippen molar-refractivity contribution in [2.45, 2.75) is 24.2 Å². The van der Waals surface area contributed by atoms with Crippen LogP contribution in [-0.4, -0.2) is 16.1 Å². The Morgan fingerprint density at radius 3 is 2.87 bits per heavy atom. The van der Waals surface area contributed by atoms with Crippen LogP contribution in [0.1, 0.15) is 24.5 Å². The number of rotatable bonds is 2. The molecule has 82 valence electrons. The average Bonchev–Trinajstić information content (AvgIpc) is 2.74. The van der Waals surface area contributed by atoms with E-state index in [-0.39, 0.29) is 5.25 Å². The molecule has 1 aromatic rings. The summed E-state index contributed by atoms with van der Waals surface area (Å²) in [7, 11) is 0. The number of hydrogen-bond donors (Lipinski definition) is 1. The van der Waals surface area contributed by atoms with Crippen molar-refractivity contribution in [1.82, 2.24) is 0 Å². The standard InChI is InChI=1S/C11H12Cl2OS/c12-8-4-1-3-7(10(8)13)11(14)9-5-2-6-15-9/h1,3-4,9,11,14H,2,5-6H2. The fraction of sp³-hybridized carbons (Fsp3) is 0.455. The summed E-state index contributed by atoms with van der Waals surface area (Å²) in [6, 6.07) is 5.41. The number of benzene rings is 1. The van der Waals surface area contributed by atoms with Crippen LogP contribution in [0.25, 0.3) is 0 Å². The number of aliphatic hydroxyl groups excluding tert-OH is 1. The van der Waals surface area contributed by atoms with Gasteiger partial charge in [0.1, 0.15) is 0 Å². The molecule has 1 aromatic carbocycles. The van der Waals surface area contributed by atoms with E-state index in [1.807, 2.05) is 23.9 Å². The molecule has 1 nitrogen and oxygen atoms in total. The predicted octanol–water partition coefficient (Wildman–Crippen LogP) is 3.92. The summed E-state index contributed by atoms with van der Waals surface area (Å²) in [5.74, 6) is 1.12. The summed E-state index contributed by atoms with van der Waals surface area (Å²) >= 11 is 13.8.